The molecule has 2 atom stereocenters. The van der Waals surface area contributed by atoms with Crippen LogP contribution in [-0.4, -0.2) is 25.2 Å². The van der Waals surface area contributed by atoms with Gasteiger partial charge in [-0.2, -0.15) is 0 Å². The number of para-hydroxylation sites is 4. The maximum Gasteiger partial charge on any atom is 0.160 e. The minimum absolute atomic E-state index is 0.0176. The summed E-state index contributed by atoms with van der Waals surface area (Å²) < 4.78 is 2.29. The summed E-state index contributed by atoms with van der Waals surface area (Å²) in [5.74, 6) is 2.57. The van der Waals surface area contributed by atoms with E-state index in [-0.39, 0.29) is 12.0 Å². The van der Waals surface area contributed by atoms with Crippen molar-refractivity contribution in [3.05, 3.63) is 281 Å². The molecule has 0 fully saturated rings. The molecule has 2 heterocycles. The number of aliphatic imine (C=N–C) groups is 1. The monoisotopic (exact) mass is 1080 g/mol. The lowest BCUT2D eigenvalue weighted by molar-refractivity contribution is 0.796. The molecule has 83 heavy (non-hydrogen) atoms. The Hall–Kier alpha value is -9.26. The molecule has 11 rings (SSSR count). The zero-order chi connectivity index (χ0) is 57.9. The van der Waals surface area contributed by atoms with Crippen molar-refractivity contribution in [3.63, 3.8) is 0 Å². The average molecular weight is 1080 g/mol. The van der Waals surface area contributed by atoms with E-state index in [1.165, 1.54) is 27.8 Å². The number of aromatic nitrogens is 4. The Bertz CT molecular complexity index is 4190. The van der Waals surface area contributed by atoms with E-state index in [1.807, 2.05) is 0 Å². The number of benzene rings is 9. The third-order valence-electron chi connectivity index (χ3n) is 16.2. The Morgan fingerprint density at radius 2 is 1.04 bits per heavy atom. The maximum atomic E-state index is 5.56. The van der Waals surface area contributed by atoms with E-state index in [9.17, 15) is 0 Å². The summed E-state index contributed by atoms with van der Waals surface area (Å²) in [5.41, 5.74) is 23.2. The molecule has 1 unspecified atom stereocenters. The fourth-order valence-corrected chi connectivity index (χ4v) is 11.4. The molecule has 0 saturated heterocycles. The molecule has 6 heteroatoms. The third-order valence-corrected chi connectivity index (χ3v) is 16.2. The molecule has 0 bridgehead atoms. The predicted octanol–water partition coefficient (Wildman–Crippen LogP) is 20.9. The number of aryl methyl sites for hydroxylation is 2. The molecule has 0 aliphatic carbocycles. The summed E-state index contributed by atoms with van der Waals surface area (Å²) in [7, 11) is 0. The fourth-order valence-electron chi connectivity index (χ4n) is 11.4. The molecule has 0 amide bonds. The van der Waals surface area contributed by atoms with Crippen molar-refractivity contribution in [2.24, 2.45) is 4.99 Å². The van der Waals surface area contributed by atoms with Crippen molar-refractivity contribution in [2.45, 2.75) is 99.0 Å². The van der Waals surface area contributed by atoms with E-state index in [0.29, 0.717) is 23.6 Å². The van der Waals surface area contributed by atoms with Gasteiger partial charge in [0.2, 0.25) is 0 Å². The van der Waals surface area contributed by atoms with E-state index in [4.69, 9.17) is 26.5 Å². The standard InChI is InChI=1S/C77H74N6/c1-49(2)56-26-18-29-59(42-56)55(11)74(78-68-38-14-12-24-53(68)9)62-32-19-30-60(43-62)70-48-71(61-31-20-33-63(44-61)75(52(7)8)82(72-40-16-13-25-54(72)10)66-36-22-27-57(46-66)50(3)4)80-76(79-70)64-34-21-35-65(45-64)77-81-69-39-15-17-41-73(69)83(77)67-37-23-28-58(47-67)51(5)6/h12-51,55,75H,7H2,1-6,8-11H3/t55-,75?/m0/s1. The van der Waals surface area contributed by atoms with Gasteiger partial charge < -0.3 is 4.90 Å². The van der Waals surface area contributed by atoms with E-state index >= 15 is 0 Å². The molecule has 0 aliphatic rings. The van der Waals surface area contributed by atoms with Crippen LogP contribution < -0.4 is 4.90 Å². The highest BCUT2D eigenvalue weighted by Gasteiger charge is 2.27. The Morgan fingerprint density at radius 1 is 0.470 bits per heavy atom. The number of hydrogen-bond acceptors (Lipinski definition) is 5. The van der Waals surface area contributed by atoms with Gasteiger partial charge in [0.1, 0.15) is 5.82 Å². The molecule has 2 aromatic heterocycles. The van der Waals surface area contributed by atoms with Gasteiger partial charge in [-0.3, -0.25) is 9.56 Å². The molecule has 0 spiro atoms. The van der Waals surface area contributed by atoms with Crippen molar-refractivity contribution in [1.29, 1.82) is 0 Å². The van der Waals surface area contributed by atoms with Crippen LogP contribution >= 0.6 is 0 Å². The van der Waals surface area contributed by atoms with Gasteiger partial charge in [-0.15, -0.1) is 0 Å². The van der Waals surface area contributed by atoms with Gasteiger partial charge in [-0.05, 0) is 156 Å². The highest BCUT2D eigenvalue weighted by molar-refractivity contribution is 6.07. The number of anilines is 2. The summed E-state index contributed by atoms with van der Waals surface area (Å²) in [4.78, 5) is 24.4. The van der Waals surface area contributed by atoms with Crippen LogP contribution in [0.25, 0.3) is 62.0 Å². The van der Waals surface area contributed by atoms with Crippen molar-refractivity contribution >= 4 is 33.8 Å². The van der Waals surface area contributed by atoms with Gasteiger partial charge >= 0.3 is 0 Å². The van der Waals surface area contributed by atoms with Crippen LogP contribution in [0.3, 0.4) is 0 Å². The summed E-state index contributed by atoms with van der Waals surface area (Å²) in [6.45, 7) is 26.9. The Morgan fingerprint density at radius 3 is 1.76 bits per heavy atom. The molecular formula is C77H74N6. The lowest BCUT2D eigenvalue weighted by Gasteiger charge is -2.36. The zero-order valence-electron chi connectivity index (χ0n) is 49.6. The van der Waals surface area contributed by atoms with Crippen LogP contribution in [0.2, 0.25) is 0 Å². The fraction of sp³-hybridized carbons (Fsp3) is 0.195. The first-order chi connectivity index (χ1) is 40.2. The number of fused-ring (bicyclic) bond motifs is 1. The predicted molar refractivity (Wildman–Crippen MR) is 350 cm³/mol. The van der Waals surface area contributed by atoms with Gasteiger partial charge in [0.15, 0.2) is 5.82 Å². The van der Waals surface area contributed by atoms with Crippen LogP contribution in [0.15, 0.2) is 242 Å². The second-order valence-electron chi connectivity index (χ2n) is 23.2. The first-order valence-corrected chi connectivity index (χ1v) is 29.3. The van der Waals surface area contributed by atoms with Crippen molar-refractivity contribution in [3.8, 4) is 51.0 Å². The minimum atomic E-state index is -0.206. The van der Waals surface area contributed by atoms with E-state index in [1.54, 1.807) is 0 Å². The van der Waals surface area contributed by atoms with Gasteiger partial charge in [0, 0.05) is 45.2 Å². The molecule has 9 aromatic carbocycles. The lowest BCUT2D eigenvalue weighted by atomic mass is 9.88. The largest absolute Gasteiger partial charge is 0.330 e. The van der Waals surface area contributed by atoms with Crippen molar-refractivity contribution < 1.29 is 0 Å². The van der Waals surface area contributed by atoms with E-state index in [2.05, 4.69) is 303 Å². The summed E-state index contributed by atoms with van der Waals surface area (Å²) in [6.07, 6.45) is 0. The minimum Gasteiger partial charge on any atom is -0.330 e. The number of nitrogens with zero attached hydrogens (tertiary/aromatic N) is 6. The van der Waals surface area contributed by atoms with Gasteiger partial charge in [0.25, 0.3) is 0 Å². The topological polar surface area (TPSA) is 59.2 Å². The van der Waals surface area contributed by atoms with Crippen LogP contribution in [-0.2, 0) is 0 Å². The number of hydrogen-bond donors (Lipinski definition) is 0. The number of rotatable bonds is 17. The first kappa shape index (κ1) is 55.6. The Kier molecular flexibility index (Phi) is 16.1. The molecule has 0 saturated carbocycles. The van der Waals surface area contributed by atoms with Crippen LogP contribution in [0, 0.1) is 13.8 Å². The molecule has 6 nitrogen and oxygen atoms in total. The summed E-state index contributed by atoms with van der Waals surface area (Å²) in [6, 6.07) is 80.3. The lowest BCUT2D eigenvalue weighted by Crippen LogP contribution is -2.25. The van der Waals surface area contributed by atoms with Crippen molar-refractivity contribution in [2.75, 3.05) is 4.90 Å². The normalized spacial score (nSPS) is 12.6. The van der Waals surface area contributed by atoms with E-state index < -0.39 is 0 Å². The molecule has 0 radical (unpaired) electrons. The maximum absolute atomic E-state index is 5.56. The summed E-state index contributed by atoms with van der Waals surface area (Å²) in [5, 5.41) is 0. The van der Waals surface area contributed by atoms with Gasteiger partial charge in [-0.1, -0.05) is 212 Å². The van der Waals surface area contributed by atoms with Crippen LogP contribution in [0.4, 0.5) is 17.1 Å². The van der Waals surface area contributed by atoms with Crippen LogP contribution in [0.1, 0.15) is 130 Å². The highest BCUT2D eigenvalue weighted by Crippen LogP contribution is 2.43. The summed E-state index contributed by atoms with van der Waals surface area (Å²) >= 11 is 0. The van der Waals surface area contributed by atoms with Crippen LogP contribution in [0.5, 0.6) is 0 Å². The SMILES string of the molecule is C=C(C)C(c1cccc(-c2cc(-c3cccc(C(=Nc4ccccc4C)[C@@H](C)c4cccc(C(C)C)c4)c3)nc(-c3cccc(-c4nc5ccccc5n4-c4cccc(C(C)C)c4)c3)n2)c1)N(c1cccc(C(C)C)c1)c1ccccc1C. The third kappa shape index (κ3) is 11.8. The average Bonchev–Trinajstić information content (AvgIpc) is 4.08. The van der Waals surface area contributed by atoms with Gasteiger partial charge in [0.05, 0.1) is 39.9 Å². The molecule has 11 aromatic rings. The first-order valence-electron chi connectivity index (χ1n) is 29.3. The number of imidazole rings is 1. The second-order valence-corrected chi connectivity index (χ2v) is 23.2. The Labute approximate surface area is 491 Å². The smallest absolute Gasteiger partial charge is 0.160 e. The zero-order valence-corrected chi connectivity index (χ0v) is 49.6. The molecule has 412 valence electrons. The molecular weight excluding hydrogens is 1010 g/mol. The Balaban J connectivity index is 1.10. The van der Waals surface area contributed by atoms with E-state index in [0.717, 1.165) is 101 Å². The molecule has 0 N–H and O–H groups in total. The highest BCUT2D eigenvalue weighted by atomic mass is 15.2. The quantitative estimate of drug-likeness (QED) is 0.0673. The van der Waals surface area contributed by atoms with Gasteiger partial charge in [-0.25, -0.2) is 15.0 Å². The second kappa shape index (κ2) is 24.1. The van der Waals surface area contributed by atoms with Crippen molar-refractivity contribution in [1.82, 2.24) is 19.5 Å². The molecule has 0 aliphatic heterocycles.